The van der Waals surface area contributed by atoms with E-state index < -0.39 is 0 Å². The Labute approximate surface area is 84.5 Å². The van der Waals surface area contributed by atoms with Gasteiger partial charge < -0.3 is 4.74 Å². The van der Waals surface area contributed by atoms with Crippen molar-refractivity contribution in [1.29, 1.82) is 0 Å². The molecule has 4 heteroatoms. The van der Waals surface area contributed by atoms with Crippen molar-refractivity contribution in [2.45, 2.75) is 19.9 Å². The molecule has 0 spiro atoms. The Morgan fingerprint density at radius 3 is 3.00 bits per heavy atom. The van der Waals surface area contributed by atoms with Crippen LogP contribution in [0.1, 0.15) is 17.0 Å². The number of fused-ring (bicyclic) bond motifs is 1. The predicted molar refractivity (Wildman–Crippen MR) is 53.9 cm³/mol. The Kier molecular flexibility index (Phi) is 2.56. The fourth-order valence-corrected chi connectivity index (χ4v) is 2.13. The van der Waals surface area contributed by atoms with Gasteiger partial charge >= 0.3 is 0 Å². The predicted octanol–water partition coefficient (Wildman–Crippen LogP) is 0.691. The monoisotopic (exact) mass is 195 g/mol. The molecular formula is C10H17N3O. The van der Waals surface area contributed by atoms with Crippen LogP contribution in [0.3, 0.4) is 0 Å². The van der Waals surface area contributed by atoms with Gasteiger partial charge in [0.05, 0.1) is 18.1 Å². The van der Waals surface area contributed by atoms with Crippen molar-refractivity contribution in [3.8, 4) is 0 Å². The Balaban J connectivity index is 2.21. The minimum atomic E-state index is 0.712. The van der Waals surface area contributed by atoms with Crippen LogP contribution in [0.4, 0.5) is 0 Å². The van der Waals surface area contributed by atoms with Crippen LogP contribution in [0.2, 0.25) is 0 Å². The molecular weight excluding hydrogens is 178 g/mol. The van der Waals surface area contributed by atoms with Crippen molar-refractivity contribution in [2.75, 3.05) is 20.4 Å². The topological polar surface area (TPSA) is 30.3 Å². The summed E-state index contributed by atoms with van der Waals surface area (Å²) in [6, 6.07) is 0. The highest BCUT2D eigenvalue weighted by Gasteiger charge is 2.21. The highest BCUT2D eigenvalue weighted by Crippen LogP contribution is 2.20. The average Bonchev–Trinajstić information content (AvgIpc) is 2.43. The van der Waals surface area contributed by atoms with Crippen LogP contribution in [0.5, 0.6) is 0 Å². The second-order valence-electron chi connectivity index (χ2n) is 3.85. The number of hydrogen-bond acceptors (Lipinski definition) is 3. The standard InChI is InChI=1S/C10H17N3O/c1-8-9-4-5-13(7-14-3)6-10(9)12(2)11-8/h4-7H2,1-3H3. The Morgan fingerprint density at radius 2 is 2.29 bits per heavy atom. The fraction of sp³-hybridized carbons (Fsp3) is 0.700. The normalized spacial score (nSPS) is 17.1. The van der Waals surface area contributed by atoms with Gasteiger partial charge in [0.25, 0.3) is 0 Å². The Morgan fingerprint density at radius 1 is 1.50 bits per heavy atom. The van der Waals surface area contributed by atoms with Crippen LogP contribution in [-0.2, 0) is 24.8 Å². The number of hydrogen-bond donors (Lipinski definition) is 0. The average molecular weight is 195 g/mol. The van der Waals surface area contributed by atoms with Gasteiger partial charge in [-0.3, -0.25) is 9.58 Å². The van der Waals surface area contributed by atoms with Gasteiger partial charge in [-0.15, -0.1) is 0 Å². The molecule has 0 radical (unpaired) electrons. The zero-order valence-corrected chi connectivity index (χ0v) is 9.08. The number of methoxy groups -OCH3 is 1. The maximum Gasteiger partial charge on any atom is 0.0989 e. The second kappa shape index (κ2) is 3.71. The van der Waals surface area contributed by atoms with Gasteiger partial charge in [-0.25, -0.2) is 0 Å². The first-order valence-electron chi connectivity index (χ1n) is 4.95. The summed E-state index contributed by atoms with van der Waals surface area (Å²) in [5.41, 5.74) is 3.95. The summed E-state index contributed by atoms with van der Waals surface area (Å²) in [6.45, 7) is 4.84. The zero-order valence-electron chi connectivity index (χ0n) is 9.08. The van der Waals surface area contributed by atoms with E-state index >= 15 is 0 Å². The minimum absolute atomic E-state index is 0.712. The van der Waals surface area contributed by atoms with Crippen molar-refractivity contribution in [3.05, 3.63) is 17.0 Å². The van der Waals surface area contributed by atoms with Crippen LogP contribution in [0.15, 0.2) is 0 Å². The van der Waals surface area contributed by atoms with E-state index in [1.165, 1.54) is 17.0 Å². The second-order valence-corrected chi connectivity index (χ2v) is 3.85. The summed E-state index contributed by atoms with van der Waals surface area (Å²) < 4.78 is 7.13. The van der Waals surface area contributed by atoms with Crippen molar-refractivity contribution in [3.63, 3.8) is 0 Å². The van der Waals surface area contributed by atoms with Crippen molar-refractivity contribution < 1.29 is 4.74 Å². The third kappa shape index (κ3) is 1.55. The van der Waals surface area contributed by atoms with Crippen LogP contribution in [0, 0.1) is 6.92 Å². The third-order valence-corrected chi connectivity index (χ3v) is 2.84. The van der Waals surface area contributed by atoms with Gasteiger partial charge in [0.2, 0.25) is 0 Å². The van der Waals surface area contributed by atoms with E-state index in [4.69, 9.17) is 4.74 Å². The number of ether oxygens (including phenoxy) is 1. The van der Waals surface area contributed by atoms with E-state index in [2.05, 4.69) is 16.9 Å². The third-order valence-electron chi connectivity index (χ3n) is 2.84. The smallest absolute Gasteiger partial charge is 0.0989 e. The first-order valence-corrected chi connectivity index (χ1v) is 4.95. The van der Waals surface area contributed by atoms with Crippen molar-refractivity contribution >= 4 is 0 Å². The molecule has 1 aliphatic heterocycles. The molecule has 0 amide bonds. The summed E-state index contributed by atoms with van der Waals surface area (Å²) in [5.74, 6) is 0. The summed E-state index contributed by atoms with van der Waals surface area (Å²) in [5, 5.41) is 4.44. The summed E-state index contributed by atoms with van der Waals surface area (Å²) >= 11 is 0. The Hall–Kier alpha value is -0.870. The van der Waals surface area contributed by atoms with E-state index in [0.29, 0.717) is 6.73 Å². The number of nitrogens with zero attached hydrogens (tertiary/aromatic N) is 3. The molecule has 78 valence electrons. The van der Waals surface area contributed by atoms with E-state index in [-0.39, 0.29) is 0 Å². The molecule has 0 aliphatic carbocycles. The lowest BCUT2D eigenvalue weighted by Gasteiger charge is -2.26. The molecule has 14 heavy (non-hydrogen) atoms. The summed E-state index contributed by atoms with van der Waals surface area (Å²) in [6.07, 6.45) is 1.10. The minimum Gasteiger partial charge on any atom is -0.369 e. The molecule has 0 saturated carbocycles. The van der Waals surface area contributed by atoms with E-state index in [1.807, 2.05) is 11.7 Å². The molecule has 1 aromatic heterocycles. The van der Waals surface area contributed by atoms with Gasteiger partial charge in [0.15, 0.2) is 0 Å². The first kappa shape index (κ1) is 9.68. The lowest BCUT2D eigenvalue weighted by molar-refractivity contribution is 0.0526. The van der Waals surface area contributed by atoms with Crippen LogP contribution >= 0.6 is 0 Å². The van der Waals surface area contributed by atoms with Crippen LogP contribution in [-0.4, -0.2) is 35.1 Å². The quantitative estimate of drug-likeness (QED) is 0.695. The Bertz CT molecular complexity index is 332. The molecule has 0 N–H and O–H groups in total. The molecule has 1 aliphatic rings. The maximum atomic E-state index is 5.14. The SMILES string of the molecule is COCN1CCc2c(C)nn(C)c2C1. The number of rotatable bonds is 2. The molecule has 0 saturated heterocycles. The van der Waals surface area contributed by atoms with E-state index in [1.54, 1.807) is 7.11 Å². The van der Waals surface area contributed by atoms with Crippen LogP contribution < -0.4 is 0 Å². The van der Waals surface area contributed by atoms with Gasteiger partial charge in [-0.2, -0.15) is 5.10 Å². The summed E-state index contributed by atoms with van der Waals surface area (Å²) in [4.78, 5) is 2.30. The lowest BCUT2D eigenvalue weighted by atomic mass is 10.1. The highest BCUT2D eigenvalue weighted by atomic mass is 16.5. The molecule has 1 aromatic rings. The molecule has 0 fully saturated rings. The van der Waals surface area contributed by atoms with Gasteiger partial charge in [0, 0.05) is 27.2 Å². The highest BCUT2D eigenvalue weighted by molar-refractivity contribution is 5.27. The van der Waals surface area contributed by atoms with E-state index in [9.17, 15) is 0 Å². The zero-order chi connectivity index (χ0) is 10.1. The molecule has 4 nitrogen and oxygen atoms in total. The van der Waals surface area contributed by atoms with Crippen molar-refractivity contribution in [2.24, 2.45) is 7.05 Å². The van der Waals surface area contributed by atoms with Crippen LogP contribution in [0.25, 0.3) is 0 Å². The van der Waals surface area contributed by atoms with E-state index in [0.717, 1.165) is 19.5 Å². The molecule has 2 heterocycles. The fourth-order valence-electron chi connectivity index (χ4n) is 2.13. The molecule has 2 rings (SSSR count). The molecule has 0 aromatic carbocycles. The lowest BCUT2D eigenvalue weighted by Crippen LogP contribution is -2.32. The van der Waals surface area contributed by atoms with Gasteiger partial charge in [0.1, 0.15) is 0 Å². The van der Waals surface area contributed by atoms with Gasteiger partial charge in [-0.05, 0) is 18.9 Å². The number of aromatic nitrogens is 2. The van der Waals surface area contributed by atoms with Gasteiger partial charge in [-0.1, -0.05) is 0 Å². The molecule has 0 unspecified atom stereocenters. The summed E-state index contributed by atoms with van der Waals surface area (Å²) in [7, 11) is 3.76. The molecule has 0 atom stereocenters. The maximum absolute atomic E-state index is 5.14. The number of aryl methyl sites for hydroxylation is 2. The van der Waals surface area contributed by atoms with Crippen molar-refractivity contribution in [1.82, 2.24) is 14.7 Å². The largest absolute Gasteiger partial charge is 0.369 e. The first-order chi connectivity index (χ1) is 6.72. The molecule has 0 bridgehead atoms.